The van der Waals surface area contributed by atoms with Crippen LogP contribution >= 0.6 is 0 Å². The average molecular weight is 457 g/mol. The molecule has 1 aliphatic carbocycles. The summed E-state index contributed by atoms with van der Waals surface area (Å²) < 4.78 is 0. The minimum Gasteiger partial charge on any atom is -0.505 e. The number of aliphatic carboxylic acids is 1. The van der Waals surface area contributed by atoms with E-state index in [2.05, 4.69) is 26.7 Å². The Balaban J connectivity index is 1.37. The van der Waals surface area contributed by atoms with E-state index in [1.165, 1.54) is 34.8 Å². The summed E-state index contributed by atoms with van der Waals surface area (Å²) in [6.07, 6.45) is 7.27. The monoisotopic (exact) mass is 457 g/mol. The standard InChI is InChI=1S/C25H23N5O4/c1-14-22(24(32)30(29-14)18-10-9-15-5-2-3-6-16(15)11-18)28-27-20-8-4-7-19(23(20)31)17-12-21(25(33)34)26-13-17/h4,7-13,21,27,31H,2-3,5-6H2,1H3,(H,33,34)/b28-22-. The van der Waals surface area contributed by atoms with E-state index in [4.69, 9.17) is 5.11 Å². The second-order valence-corrected chi connectivity index (χ2v) is 8.42. The van der Waals surface area contributed by atoms with Crippen LogP contribution in [-0.2, 0) is 22.4 Å². The predicted octanol–water partition coefficient (Wildman–Crippen LogP) is 3.38. The maximum atomic E-state index is 13.1. The van der Waals surface area contributed by atoms with Crippen molar-refractivity contribution in [1.29, 1.82) is 0 Å². The lowest BCUT2D eigenvalue weighted by molar-refractivity contribution is -0.137. The number of fused-ring (bicyclic) bond motifs is 1. The van der Waals surface area contributed by atoms with Crippen LogP contribution in [-0.4, -0.2) is 45.8 Å². The molecule has 1 atom stereocenters. The number of amides is 1. The summed E-state index contributed by atoms with van der Waals surface area (Å²) in [4.78, 5) is 28.1. The zero-order chi connectivity index (χ0) is 23.8. The molecule has 0 fully saturated rings. The minimum atomic E-state index is -1.07. The van der Waals surface area contributed by atoms with E-state index >= 15 is 0 Å². The average Bonchev–Trinajstić information content (AvgIpc) is 3.43. The van der Waals surface area contributed by atoms with Gasteiger partial charge in [-0.05, 0) is 68.0 Å². The van der Waals surface area contributed by atoms with Crippen molar-refractivity contribution in [3.05, 3.63) is 59.2 Å². The van der Waals surface area contributed by atoms with Crippen LogP contribution in [0.1, 0.15) is 36.5 Å². The Bertz CT molecular complexity index is 1320. The first-order chi connectivity index (χ1) is 16.4. The molecule has 2 heterocycles. The number of nitrogens with zero attached hydrogens (tertiary/aromatic N) is 4. The van der Waals surface area contributed by atoms with E-state index in [1.54, 1.807) is 25.1 Å². The number of rotatable bonds is 5. The van der Waals surface area contributed by atoms with E-state index in [9.17, 15) is 14.7 Å². The number of benzene rings is 2. The molecule has 0 spiro atoms. The molecule has 0 saturated heterocycles. The first-order valence-electron chi connectivity index (χ1n) is 11.1. The number of aryl methyl sites for hydroxylation is 2. The summed E-state index contributed by atoms with van der Waals surface area (Å²) >= 11 is 0. The third-order valence-electron chi connectivity index (χ3n) is 6.16. The summed E-state index contributed by atoms with van der Waals surface area (Å²) in [5, 5.41) is 29.8. The van der Waals surface area contributed by atoms with E-state index in [-0.39, 0.29) is 23.1 Å². The van der Waals surface area contributed by atoms with E-state index in [0.717, 1.165) is 19.3 Å². The summed E-state index contributed by atoms with van der Waals surface area (Å²) in [5.74, 6) is -1.54. The number of carboxylic acids is 1. The highest BCUT2D eigenvalue weighted by molar-refractivity contribution is 6.71. The first kappa shape index (κ1) is 21.6. The summed E-state index contributed by atoms with van der Waals surface area (Å²) in [6, 6.07) is 9.97. The topological polar surface area (TPSA) is 127 Å². The van der Waals surface area contributed by atoms with Crippen LogP contribution < -0.4 is 10.4 Å². The summed E-state index contributed by atoms with van der Waals surface area (Å²) in [5.41, 5.74) is 7.83. The number of phenols is 1. The van der Waals surface area contributed by atoms with Crippen LogP contribution in [0.5, 0.6) is 5.75 Å². The van der Waals surface area contributed by atoms with Crippen molar-refractivity contribution < 1.29 is 19.8 Å². The van der Waals surface area contributed by atoms with Gasteiger partial charge >= 0.3 is 11.9 Å². The smallest absolute Gasteiger partial charge is 0.332 e. The number of allylic oxidation sites excluding steroid dienone is 1. The molecule has 0 bridgehead atoms. The Labute approximate surface area is 195 Å². The molecule has 2 aromatic rings. The molecule has 2 aliphatic heterocycles. The number of carbonyl (C=O) groups is 2. The number of phenolic OH excluding ortho intramolecular Hbond substituents is 1. The third-order valence-corrected chi connectivity index (χ3v) is 6.16. The second-order valence-electron chi connectivity index (χ2n) is 8.42. The summed E-state index contributed by atoms with van der Waals surface area (Å²) in [6.45, 7) is 1.71. The number of carboxylic acid groups (broad SMARTS) is 1. The fourth-order valence-corrected chi connectivity index (χ4v) is 4.35. The van der Waals surface area contributed by atoms with Crippen LogP contribution in [0.4, 0.5) is 11.4 Å². The van der Waals surface area contributed by atoms with Gasteiger partial charge in [0.05, 0.1) is 17.1 Å². The molecule has 9 nitrogen and oxygen atoms in total. The molecule has 3 N–H and O–H groups in total. The Morgan fingerprint density at radius 1 is 1.18 bits per heavy atom. The number of hydrogen-bond acceptors (Lipinski definition) is 7. The van der Waals surface area contributed by atoms with Gasteiger partial charge < -0.3 is 10.2 Å². The van der Waals surface area contributed by atoms with Crippen molar-refractivity contribution >= 4 is 46.5 Å². The Kier molecular flexibility index (Phi) is 5.45. The molecule has 0 aromatic heterocycles. The van der Waals surface area contributed by atoms with Crippen molar-refractivity contribution in [1.82, 2.24) is 0 Å². The highest BCUT2D eigenvalue weighted by atomic mass is 16.4. The zero-order valence-electron chi connectivity index (χ0n) is 18.5. The van der Waals surface area contributed by atoms with Gasteiger partial charge in [-0.25, -0.2) is 4.79 Å². The number of anilines is 2. The molecule has 5 rings (SSSR count). The van der Waals surface area contributed by atoms with E-state index in [0.29, 0.717) is 22.5 Å². The van der Waals surface area contributed by atoms with Crippen molar-refractivity contribution in [2.75, 3.05) is 10.4 Å². The van der Waals surface area contributed by atoms with Crippen molar-refractivity contribution in [3.63, 3.8) is 0 Å². The lowest BCUT2D eigenvalue weighted by Gasteiger charge is -2.19. The van der Waals surface area contributed by atoms with Gasteiger partial charge in [-0.1, -0.05) is 18.2 Å². The summed E-state index contributed by atoms with van der Waals surface area (Å²) in [7, 11) is 0. The lowest BCUT2D eigenvalue weighted by Crippen LogP contribution is -2.28. The molecule has 172 valence electrons. The van der Waals surface area contributed by atoms with Gasteiger partial charge in [-0.3, -0.25) is 15.2 Å². The molecule has 1 unspecified atom stereocenters. The molecule has 1 amide bonds. The molecule has 0 radical (unpaired) electrons. The van der Waals surface area contributed by atoms with Gasteiger partial charge in [0, 0.05) is 17.4 Å². The first-order valence-corrected chi connectivity index (χ1v) is 11.1. The van der Waals surface area contributed by atoms with Gasteiger partial charge in [-0.15, -0.1) is 0 Å². The van der Waals surface area contributed by atoms with Crippen molar-refractivity contribution in [2.24, 2.45) is 15.2 Å². The number of aliphatic imine (C=N–C) groups is 1. The molecule has 0 saturated carbocycles. The number of hydrogen-bond donors (Lipinski definition) is 3. The molecule has 34 heavy (non-hydrogen) atoms. The van der Waals surface area contributed by atoms with E-state index in [1.807, 2.05) is 12.1 Å². The fraction of sp³-hybridized carbons (Fsp3) is 0.240. The minimum absolute atomic E-state index is 0.123. The molecular weight excluding hydrogens is 434 g/mol. The maximum absolute atomic E-state index is 13.1. The largest absolute Gasteiger partial charge is 0.505 e. The zero-order valence-corrected chi connectivity index (χ0v) is 18.5. The van der Waals surface area contributed by atoms with Gasteiger partial charge in [0.15, 0.2) is 11.8 Å². The fourth-order valence-electron chi connectivity index (χ4n) is 4.35. The van der Waals surface area contributed by atoms with Crippen LogP contribution in [0, 0.1) is 0 Å². The SMILES string of the molecule is CC1=NN(c2ccc3c(c2)CCCC3)C(=O)/C1=N\Nc1cccc(C2=CC(C(=O)O)N=C2)c1O. The van der Waals surface area contributed by atoms with Crippen LogP contribution in [0.25, 0.3) is 5.57 Å². The molecular formula is C25H23N5O4. The van der Waals surface area contributed by atoms with Crippen LogP contribution in [0.15, 0.2) is 57.7 Å². The lowest BCUT2D eigenvalue weighted by atomic mass is 9.91. The Morgan fingerprint density at radius 3 is 2.74 bits per heavy atom. The van der Waals surface area contributed by atoms with Crippen LogP contribution in [0.2, 0.25) is 0 Å². The number of carbonyl (C=O) groups excluding carboxylic acids is 1. The third kappa shape index (κ3) is 3.85. The number of hydrazone groups is 2. The number of nitrogens with one attached hydrogen (secondary N) is 1. The van der Waals surface area contributed by atoms with Crippen molar-refractivity contribution in [2.45, 2.75) is 38.6 Å². The Morgan fingerprint density at radius 2 is 1.97 bits per heavy atom. The van der Waals surface area contributed by atoms with Crippen molar-refractivity contribution in [3.8, 4) is 5.75 Å². The predicted molar refractivity (Wildman–Crippen MR) is 131 cm³/mol. The van der Waals surface area contributed by atoms with E-state index < -0.39 is 12.0 Å². The molecule has 3 aliphatic rings. The van der Waals surface area contributed by atoms with Gasteiger partial charge in [0.1, 0.15) is 5.75 Å². The normalized spacial score (nSPS) is 20.4. The maximum Gasteiger partial charge on any atom is 0.332 e. The highest BCUT2D eigenvalue weighted by Gasteiger charge is 2.31. The Hall–Kier alpha value is -4.27. The van der Waals surface area contributed by atoms with Gasteiger partial charge in [0.2, 0.25) is 0 Å². The molecule has 9 heteroatoms. The molecule has 2 aromatic carbocycles. The number of aromatic hydroxyl groups is 1. The second kappa shape index (κ2) is 8.58. The number of para-hydroxylation sites is 1. The van der Waals surface area contributed by atoms with Gasteiger partial charge in [0.25, 0.3) is 0 Å². The highest BCUT2D eigenvalue weighted by Crippen LogP contribution is 2.34. The van der Waals surface area contributed by atoms with Crippen LogP contribution in [0.3, 0.4) is 0 Å². The van der Waals surface area contributed by atoms with Gasteiger partial charge in [-0.2, -0.15) is 15.2 Å². The quantitative estimate of drug-likeness (QED) is 0.469.